The zero-order valence-corrected chi connectivity index (χ0v) is 10.0. The molecular formula is C14H15N3O. The van der Waals surface area contributed by atoms with Gasteiger partial charge >= 0.3 is 0 Å². The lowest BCUT2D eigenvalue weighted by Crippen LogP contribution is -2.21. The van der Waals surface area contributed by atoms with Crippen LogP contribution in [-0.4, -0.2) is 16.1 Å². The molecule has 0 spiro atoms. The number of hydrogen-bond acceptors (Lipinski definition) is 2. The Balaban J connectivity index is 1.96. The molecule has 4 nitrogen and oxygen atoms in total. The van der Waals surface area contributed by atoms with E-state index in [-0.39, 0.29) is 5.91 Å². The zero-order valence-electron chi connectivity index (χ0n) is 10.0. The lowest BCUT2D eigenvalue weighted by molar-refractivity contribution is -0.120. The van der Waals surface area contributed by atoms with E-state index < -0.39 is 0 Å². The summed E-state index contributed by atoms with van der Waals surface area (Å²) in [6.07, 6.45) is 3.67. The highest BCUT2D eigenvalue weighted by molar-refractivity contribution is 5.77. The van der Waals surface area contributed by atoms with Crippen molar-refractivity contribution in [3.05, 3.63) is 54.7 Å². The first-order valence-corrected chi connectivity index (χ1v) is 5.76. The topological polar surface area (TPSA) is 57.8 Å². The van der Waals surface area contributed by atoms with Crippen molar-refractivity contribution in [3.63, 3.8) is 0 Å². The fraction of sp³-hybridized carbons (Fsp3) is 0.143. The van der Waals surface area contributed by atoms with Crippen LogP contribution in [0.1, 0.15) is 12.0 Å². The Morgan fingerprint density at radius 2 is 2.11 bits per heavy atom. The van der Waals surface area contributed by atoms with E-state index in [0.717, 1.165) is 16.8 Å². The largest absolute Gasteiger partial charge is 0.352 e. The number of carbonyl (C=O) groups is 1. The van der Waals surface area contributed by atoms with Crippen molar-refractivity contribution in [2.45, 2.75) is 13.0 Å². The first kappa shape index (κ1) is 12.1. The predicted octanol–water partition coefficient (Wildman–Crippen LogP) is 2.27. The molecular weight excluding hydrogens is 226 g/mol. The Hall–Kier alpha value is -2.36. The van der Waals surface area contributed by atoms with Crippen molar-refractivity contribution in [2.24, 2.45) is 0 Å². The standard InChI is InChI=1S/C14H15N3O/c1-2-3-14(18)15-10-11-4-6-12(7-5-11)13-8-9-16-17-13/h2,4-9H,1,3,10H2,(H,15,18)(H,16,17). The van der Waals surface area contributed by atoms with Crippen LogP contribution in [0, 0.1) is 0 Å². The molecule has 92 valence electrons. The molecule has 0 saturated heterocycles. The number of benzene rings is 1. The minimum absolute atomic E-state index is 0.0114. The van der Waals surface area contributed by atoms with Crippen molar-refractivity contribution < 1.29 is 4.79 Å². The van der Waals surface area contributed by atoms with E-state index in [2.05, 4.69) is 22.1 Å². The minimum atomic E-state index is -0.0114. The molecule has 0 aliphatic heterocycles. The van der Waals surface area contributed by atoms with Crippen LogP contribution in [0.4, 0.5) is 0 Å². The highest BCUT2D eigenvalue weighted by atomic mass is 16.1. The van der Waals surface area contributed by atoms with Crippen LogP contribution in [-0.2, 0) is 11.3 Å². The number of rotatable bonds is 5. The third-order valence-corrected chi connectivity index (χ3v) is 2.59. The summed E-state index contributed by atoms with van der Waals surface area (Å²) in [6, 6.07) is 9.90. The maximum Gasteiger partial charge on any atom is 0.224 e. The molecule has 0 aliphatic rings. The second-order valence-corrected chi connectivity index (χ2v) is 3.94. The van der Waals surface area contributed by atoms with Crippen molar-refractivity contribution in [3.8, 4) is 11.3 Å². The van der Waals surface area contributed by atoms with Gasteiger partial charge in [-0.2, -0.15) is 5.10 Å². The molecule has 0 saturated carbocycles. The maximum absolute atomic E-state index is 11.3. The number of aromatic nitrogens is 2. The summed E-state index contributed by atoms with van der Waals surface area (Å²) in [5.74, 6) is -0.0114. The summed E-state index contributed by atoms with van der Waals surface area (Å²) in [5, 5.41) is 9.64. The van der Waals surface area contributed by atoms with Gasteiger partial charge in [-0.15, -0.1) is 6.58 Å². The quantitative estimate of drug-likeness (QED) is 0.789. The second-order valence-electron chi connectivity index (χ2n) is 3.94. The predicted molar refractivity (Wildman–Crippen MR) is 70.7 cm³/mol. The van der Waals surface area contributed by atoms with Gasteiger partial charge in [0.25, 0.3) is 0 Å². The number of carbonyl (C=O) groups excluding carboxylic acids is 1. The number of amides is 1. The Labute approximate surface area is 106 Å². The highest BCUT2D eigenvalue weighted by Gasteiger charge is 2.00. The van der Waals surface area contributed by atoms with Gasteiger partial charge in [-0.1, -0.05) is 30.3 Å². The molecule has 0 bridgehead atoms. The van der Waals surface area contributed by atoms with Crippen LogP contribution in [0.2, 0.25) is 0 Å². The summed E-state index contributed by atoms with van der Waals surface area (Å²) in [7, 11) is 0. The number of nitrogens with zero attached hydrogens (tertiary/aromatic N) is 1. The molecule has 0 aliphatic carbocycles. The van der Waals surface area contributed by atoms with Gasteiger partial charge in [-0.05, 0) is 17.2 Å². The van der Waals surface area contributed by atoms with Crippen LogP contribution in [0.25, 0.3) is 11.3 Å². The average Bonchev–Trinajstić information content (AvgIpc) is 2.91. The normalized spacial score (nSPS) is 10.0. The molecule has 2 rings (SSSR count). The molecule has 0 fully saturated rings. The average molecular weight is 241 g/mol. The van der Waals surface area contributed by atoms with E-state index in [9.17, 15) is 4.79 Å². The Morgan fingerprint density at radius 3 is 2.72 bits per heavy atom. The molecule has 1 amide bonds. The summed E-state index contributed by atoms with van der Waals surface area (Å²) in [6.45, 7) is 4.06. The molecule has 0 unspecified atom stereocenters. The van der Waals surface area contributed by atoms with E-state index in [1.807, 2.05) is 30.3 Å². The van der Waals surface area contributed by atoms with Crippen molar-refractivity contribution in [1.82, 2.24) is 15.5 Å². The SMILES string of the molecule is C=CCC(=O)NCc1ccc(-c2ccn[nH]2)cc1. The van der Waals surface area contributed by atoms with E-state index >= 15 is 0 Å². The van der Waals surface area contributed by atoms with Crippen LogP contribution >= 0.6 is 0 Å². The molecule has 0 radical (unpaired) electrons. The van der Waals surface area contributed by atoms with Crippen molar-refractivity contribution in [2.75, 3.05) is 0 Å². The first-order chi connectivity index (χ1) is 8.79. The van der Waals surface area contributed by atoms with Crippen LogP contribution in [0.3, 0.4) is 0 Å². The van der Waals surface area contributed by atoms with Gasteiger partial charge in [-0.25, -0.2) is 0 Å². The number of aromatic amines is 1. The van der Waals surface area contributed by atoms with Gasteiger partial charge in [-0.3, -0.25) is 9.89 Å². The van der Waals surface area contributed by atoms with E-state index in [1.54, 1.807) is 12.3 Å². The van der Waals surface area contributed by atoms with Crippen molar-refractivity contribution >= 4 is 5.91 Å². The smallest absolute Gasteiger partial charge is 0.224 e. The summed E-state index contributed by atoms with van der Waals surface area (Å²) in [5.41, 5.74) is 3.13. The molecule has 4 heteroatoms. The summed E-state index contributed by atoms with van der Waals surface area (Å²) < 4.78 is 0. The fourth-order valence-electron chi connectivity index (χ4n) is 1.62. The molecule has 18 heavy (non-hydrogen) atoms. The third-order valence-electron chi connectivity index (χ3n) is 2.59. The van der Waals surface area contributed by atoms with E-state index in [1.165, 1.54) is 0 Å². The molecule has 1 aromatic carbocycles. The van der Waals surface area contributed by atoms with Crippen LogP contribution in [0.5, 0.6) is 0 Å². The molecule has 2 aromatic rings. The Kier molecular flexibility index (Phi) is 3.91. The molecule has 0 atom stereocenters. The van der Waals surface area contributed by atoms with Gasteiger partial charge in [0.05, 0.1) is 5.69 Å². The highest BCUT2D eigenvalue weighted by Crippen LogP contribution is 2.16. The lowest BCUT2D eigenvalue weighted by atomic mass is 10.1. The van der Waals surface area contributed by atoms with Crippen molar-refractivity contribution in [1.29, 1.82) is 0 Å². The van der Waals surface area contributed by atoms with Gasteiger partial charge in [0.1, 0.15) is 0 Å². The van der Waals surface area contributed by atoms with Gasteiger partial charge in [0.2, 0.25) is 5.91 Å². The lowest BCUT2D eigenvalue weighted by Gasteiger charge is -2.04. The first-order valence-electron chi connectivity index (χ1n) is 5.76. The maximum atomic E-state index is 11.3. The van der Waals surface area contributed by atoms with Crippen LogP contribution in [0.15, 0.2) is 49.2 Å². The molecule has 2 N–H and O–H groups in total. The monoisotopic (exact) mass is 241 g/mol. The number of hydrogen-bond donors (Lipinski definition) is 2. The molecule has 1 heterocycles. The Morgan fingerprint density at radius 1 is 1.33 bits per heavy atom. The zero-order chi connectivity index (χ0) is 12.8. The minimum Gasteiger partial charge on any atom is -0.352 e. The second kappa shape index (κ2) is 5.82. The fourth-order valence-corrected chi connectivity index (χ4v) is 1.62. The van der Waals surface area contributed by atoms with Gasteiger partial charge < -0.3 is 5.32 Å². The third kappa shape index (κ3) is 3.07. The Bertz CT molecular complexity index is 514. The number of H-pyrrole nitrogens is 1. The van der Waals surface area contributed by atoms with E-state index in [4.69, 9.17) is 0 Å². The summed E-state index contributed by atoms with van der Waals surface area (Å²) in [4.78, 5) is 11.3. The van der Waals surface area contributed by atoms with Crippen LogP contribution < -0.4 is 5.32 Å². The summed E-state index contributed by atoms with van der Waals surface area (Å²) >= 11 is 0. The van der Waals surface area contributed by atoms with E-state index in [0.29, 0.717) is 13.0 Å². The van der Waals surface area contributed by atoms with Gasteiger partial charge in [0.15, 0.2) is 0 Å². The van der Waals surface area contributed by atoms with Gasteiger partial charge in [0, 0.05) is 19.2 Å². The number of nitrogens with one attached hydrogen (secondary N) is 2. The molecule has 1 aromatic heterocycles.